The number of carbonyl (C=O) groups excluding carboxylic acids is 4. The van der Waals surface area contributed by atoms with E-state index in [0.29, 0.717) is 6.42 Å². The number of ketones is 1. The van der Waals surface area contributed by atoms with Crippen LogP contribution in [-0.2, 0) is 24.4 Å². The average Bonchev–Trinajstić information content (AvgIpc) is 3.22. The standard InChI is InChI=1S/C32H54F3N5O7S/c1-17(41)24(42)20(14-18-12-11-13-18)36-26(43)23-22-19(31(22,8)9)15-40(23)27(44)25(30(5,6)7)38-28(45)37-21(29(2,3)4)16-39(10)48(46,47)32(33,34)35/h18-25,42H,11-16H2,1-10H3,(H,36,43)(H2,37,38,45)/t19-,20?,21+,22-,23-,24?,25+/m0/s1. The van der Waals surface area contributed by atoms with Gasteiger partial charge in [0.2, 0.25) is 11.8 Å². The third kappa shape index (κ3) is 8.45. The van der Waals surface area contributed by atoms with Crippen LogP contribution in [0.3, 0.4) is 0 Å². The van der Waals surface area contributed by atoms with Crippen molar-refractivity contribution in [2.45, 2.75) is 124 Å². The lowest BCUT2D eigenvalue weighted by atomic mass is 9.79. The van der Waals surface area contributed by atoms with Crippen molar-refractivity contribution in [1.82, 2.24) is 25.2 Å². The first kappa shape index (κ1) is 40.0. The van der Waals surface area contributed by atoms with E-state index in [2.05, 4.69) is 16.0 Å². The molecule has 0 radical (unpaired) electrons. The van der Waals surface area contributed by atoms with Gasteiger partial charge in [0.05, 0.1) is 6.04 Å². The van der Waals surface area contributed by atoms with E-state index in [-0.39, 0.29) is 34.0 Å². The van der Waals surface area contributed by atoms with E-state index >= 15 is 0 Å². The number of amides is 4. The zero-order valence-corrected chi connectivity index (χ0v) is 30.5. The van der Waals surface area contributed by atoms with Crippen molar-refractivity contribution >= 4 is 33.7 Å². The van der Waals surface area contributed by atoms with Gasteiger partial charge in [-0.05, 0) is 47.3 Å². The van der Waals surface area contributed by atoms with Crippen LogP contribution in [0.1, 0.15) is 88.0 Å². The lowest BCUT2D eigenvalue weighted by Crippen LogP contribution is -2.63. The number of aliphatic hydroxyl groups is 1. The fraction of sp³-hybridized carbons (Fsp3) is 0.875. The van der Waals surface area contributed by atoms with Gasteiger partial charge in [-0.2, -0.15) is 17.5 Å². The molecule has 276 valence electrons. The van der Waals surface area contributed by atoms with Gasteiger partial charge in [0.15, 0.2) is 5.78 Å². The minimum absolute atomic E-state index is 0.00541. The number of nitrogens with zero attached hydrogens (tertiary/aromatic N) is 2. The summed E-state index contributed by atoms with van der Waals surface area (Å²) in [5.74, 6) is -1.40. The summed E-state index contributed by atoms with van der Waals surface area (Å²) in [5.41, 5.74) is -7.54. The summed E-state index contributed by atoms with van der Waals surface area (Å²) < 4.78 is 63.7. The highest BCUT2D eigenvalue weighted by Gasteiger charge is 2.70. The van der Waals surface area contributed by atoms with Gasteiger partial charge < -0.3 is 26.0 Å². The number of Topliss-reactive ketones (excluding diaryl/α,β-unsaturated/α-hetero) is 1. The van der Waals surface area contributed by atoms with Crippen LogP contribution >= 0.6 is 0 Å². The van der Waals surface area contributed by atoms with Crippen LogP contribution in [0, 0.1) is 34.0 Å². The SMILES string of the molecule is CC(=O)C(O)C(CC1CCC1)NC(=O)[C@@H]1[C@@H]2[C@H](CN1C(=O)[C@@H](NC(=O)N[C@H](CN(C)S(=O)(=O)C(F)(F)F)C(C)(C)C)C(C)(C)C)C2(C)C. The lowest BCUT2D eigenvalue weighted by Gasteiger charge is -2.39. The number of likely N-dealkylation sites (N-methyl/N-ethyl adjacent to an activating group) is 1. The molecule has 3 rings (SSSR count). The molecule has 3 aliphatic rings. The van der Waals surface area contributed by atoms with Gasteiger partial charge in [0.1, 0.15) is 18.2 Å². The van der Waals surface area contributed by atoms with Crippen LogP contribution in [0.4, 0.5) is 18.0 Å². The number of aliphatic hydroxyl groups excluding tert-OH is 1. The molecule has 0 aromatic carbocycles. The number of hydrogen-bond donors (Lipinski definition) is 4. The molecule has 2 aliphatic carbocycles. The van der Waals surface area contributed by atoms with E-state index in [9.17, 15) is 45.9 Å². The molecule has 2 unspecified atom stereocenters. The van der Waals surface area contributed by atoms with Crippen LogP contribution in [0.2, 0.25) is 0 Å². The molecule has 0 aromatic heterocycles. The quantitative estimate of drug-likeness (QED) is 0.242. The zero-order valence-electron chi connectivity index (χ0n) is 29.7. The summed E-state index contributed by atoms with van der Waals surface area (Å²) in [6.07, 6.45) is 1.96. The molecule has 1 heterocycles. The fourth-order valence-corrected chi connectivity index (χ4v) is 7.63. The van der Waals surface area contributed by atoms with Gasteiger partial charge in [-0.1, -0.05) is 74.7 Å². The van der Waals surface area contributed by atoms with Gasteiger partial charge in [0.25, 0.3) is 0 Å². The summed E-state index contributed by atoms with van der Waals surface area (Å²) in [6.45, 7) is 14.9. The Morgan fingerprint density at radius 3 is 1.98 bits per heavy atom. The number of urea groups is 1. The molecule has 0 aromatic rings. The molecule has 3 fully saturated rings. The Hall–Kier alpha value is -2.46. The number of likely N-dealkylation sites (tertiary alicyclic amines) is 1. The fourth-order valence-electron chi connectivity index (χ4n) is 6.93. The minimum Gasteiger partial charge on any atom is -0.383 e. The van der Waals surface area contributed by atoms with Gasteiger partial charge in [0, 0.05) is 26.2 Å². The van der Waals surface area contributed by atoms with E-state index in [0.717, 1.165) is 26.3 Å². The van der Waals surface area contributed by atoms with Gasteiger partial charge in [-0.25, -0.2) is 13.2 Å². The second kappa shape index (κ2) is 13.7. The summed E-state index contributed by atoms with van der Waals surface area (Å²) in [5, 5.41) is 18.8. The Labute approximate surface area is 282 Å². The predicted molar refractivity (Wildman–Crippen MR) is 173 cm³/mol. The van der Waals surface area contributed by atoms with Crippen LogP contribution in [0.25, 0.3) is 0 Å². The largest absolute Gasteiger partial charge is 0.511 e. The van der Waals surface area contributed by atoms with E-state index in [1.807, 2.05) is 13.8 Å². The lowest BCUT2D eigenvalue weighted by molar-refractivity contribution is -0.144. The average molecular weight is 710 g/mol. The predicted octanol–water partition coefficient (Wildman–Crippen LogP) is 3.00. The third-order valence-corrected chi connectivity index (χ3v) is 12.1. The molecule has 7 atom stereocenters. The number of nitrogens with one attached hydrogen (secondary N) is 3. The van der Waals surface area contributed by atoms with E-state index < -0.39 is 86.8 Å². The normalized spacial score (nSPS) is 25.3. The molecule has 1 aliphatic heterocycles. The first-order chi connectivity index (χ1) is 21.6. The number of piperidine rings is 1. The molecule has 0 bridgehead atoms. The van der Waals surface area contributed by atoms with Crippen molar-refractivity contribution in [1.29, 1.82) is 0 Å². The highest BCUT2D eigenvalue weighted by Crippen LogP contribution is 2.65. The maximum Gasteiger partial charge on any atom is 0.511 e. The van der Waals surface area contributed by atoms with E-state index in [1.54, 1.807) is 41.5 Å². The number of fused-ring (bicyclic) bond motifs is 1. The summed E-state index contributed by atoms with van der Waals surface area (Å²) in [4.78, 5) is 55.2. The van der Waals surface area contributed by atoms with Crippen LogP contribution < -0.4 is 16.0 Å². The Morgan fingerprint density at radius 1 is 0.979 bits per heavy atom. The molecule has 4 amide bonds. The molecule has 48 heavy (non-hydrogen) atoms. The second-order valence-corrected chi connectivity index (χ2v) is 18.7. The summed E-state index contributed by atoms with van der Waals surface area (Å²) in [7, 11) is -4.88. The van der Waals surface area contributed by atoms with Crippen molar-refractivity contribution < 1.29 is 45.9 Å². The number of sulfonamides is 1. The van der Waals surface area contributed by atoms with Crippen molar-refractivity contribution in [2.24, 2.45) is 34.0 Å². The van der Waals surface area contributed by atoms with Gasteiger partial charge in [-0.3, -0.25) is 14.4 Å². The maximum absolute atomic E-state index is 14.3. The molecule has 1 saturated heterocycles. The number of hydrogen-bond acceptors (Lipinski definition) is 7. The van der Waals surface area contributed by atoms with Gasteiger partial charge >= 0.3 is 21.6 Å². The van der Waals surface area contributed by atoms with Crippen molar-refractivity contribution in [2.75, 3.05) is 20.1 Å². The molecule has 4 N–H and O–H groups in total. The molecule has 2 saturated carbocycles. The molecular formula is C32H54F3N5O7S. The highest BCUT2D eigenvalue weighted by molar-refractivity contribution is 7.89. The highest BCUT2D eigenvalue weighted by atomic mass is 32.2. The first-order valence-corrected chi connectivity index (χ1v) is 17.9. The van der Waals surface area contributed by atoms with Crippen molar-refractivity contribution in [3.8, 4) is 0 Å². The zero-order chi connectivity index (χ0) is 36.9. The summed E-state index contributed by atoms with van der Waals surface area (Å²) in [6, 6.07) is -4.89. The van der Waals surface area contributed by atoms with E-state index in [1.165, 1.54) is 11.8 Å². The maximum atomic E-state index is 14.3. The molecule has 16 heteroatoms. The number of alkyl halides is 3. The minimum atomic E-state index is -5.66. The monoisotopic (exact) mass is 709 g/mol. The van der Waals surface area contributed by atoms with Crippen LogP contribution in [0.5, 0.6) is 0 Å². The van der Waals surface area contributed by atoms with E-state index in [4.69, 9.17) is 0 Å². The Kier molecular flexibility index (Phi) is 11.4. The molecule has 0 spiro atoms. The van der Waals surface area contributed by atoms with Crippen molar-refractivity contribution in [3.63, 3.8) is 0 Å². The third-order valence-electron chi connectivity index (χ3n) is 10.6. The number of carbonyl (C=O) groups is 4. The van der Waals surface area contributed by atoms with Crippen LogP contribution in [0.15, 0.2) is 0 Å². The first-order valence-electron chi connectivity index (χ1n) is 16.5. The number of rotatable bonds is 12. The Morgan fingerprint density at radius 2 is 1.54 bits per heavy atom. The second-order valence-electron chi connectivity index (χ2n) is 16.7. The van der Waals surface area contributed by atoms with Crippen molar-refractivity contribution in [3.05, 3.63) is 0 Å². The van der Waals surface area contributed by atoms with Gasteiger partial charge in [-0.15, -0.1) is 0 Å². The topological polar surface area (TPSA) is 165 Å². The Bertz CT molecular complexity index is 1350. The van der Waals surface area contributed by atoms with Crippen LogP contribution in [-0.4, -0.2) is 102 Å². The smallest absolute Gasteiger partial charge is 0.383 e. The number of halogens is 3. The Balaban J connectivity index is 1.83. The summed E-state index contributed by atoms with van der Waals surface area (Å²) >= 11 is 0. The molecular weight excluding hydrogens is 655 g/mol. The molecule has 12 nitrogen and oxygen atoms in total.